The first-order chi connectivity index (χ1) is 12.6. The van der Waals surface area contributed by atoms with Gasteiger partial charge < -0.3 is 15.4 Å². The van der Waals surface area contributed by atoms with Crippen LogP contribution in [0.3, 0.4) is 0 Å². The van der Waals surface area contributed by atoms with Gasteiger partial charge in [-0.15, -0.1) is 0 Å². The second kappa shape index (κ2) is 9.04. The van der Waals surface area contributed by atoms with E-state index in [1.807, 2.05) is 24.3 Å². The molecule has 0 spiro atoms. The molecule has 0 radical (unpaired) electrons. The molecule has 138 valence electrons. The van der Waals surface area contributed by atoms with Gasteiger partial charge in [-0.05, 0) is 81.1 Å². The molecular weight excluding hydrogens is 340 g/mol. The molecule has 2 aromatic carbocycles. The van der Waals surface area contributed by atoms with Crippen molar-refractivity contribution in [1.82, 2.24) is 5.32 Å². The highest BCUT2D eigenvalue weighted by molar-refractivity contribution is 7.80. The fraction of sp³-hybridized carbons (Fsp3) is 0.409. The van der Waals surface area contributed by atoms with E-state index in [2.05, 4.69) is 48.7 Å². The van der Waals surface area contributed by atoms with E-state index in [0.29, 0.717) is 11.2 Å². The van der Waals surface area contributed by atoms with Crippen LogP contribution in [0.4, 0.5) is 5.69 Å². The lowest BCUT2D eigenvalue weighted by atomic mass is 10.0. The van der Waals surface area contributed by atoms with Crippen molar-refractivity contribution in [2.24, 2.45) is 0 Å². The van der Waals surface area contributed by atoms with Crippen LogP contribution < -0.4 is 15.4 Å². The third-order valence-electron chi connectivity index (χ3n) is 4.91. The molecule has 0 amide bonds. The van der Waals surface area contributed by atoms with Crippen molar-refractivity contribution in [3.63, 3.8) is 0 Å². The van der Waals surface area contributed by atoms with Crippen LogP contribution in [0.25, 0.3) is 0 Å². The molecule has 0 bridgehead atoms. The third kappa shape index (κ3) is 5.21. The zero-order chi connectivity index (χ0) is 18.4. The average molecular weight is 369 g/mol. The zero-order valence-electron chi connectivity index (χ0n) is 15.6. The lowest BCUT2D eigenvalue weighted by Crippen LogP contribution is -2.32. The van der Waals surface area contributed by atoms with Gasteiger partial charge in [0.15, 0.2) is 5.11 Å². The van der Waals surface area contributed by atoms with Gasteiger partial charge in [0.1, 0.15) is 5.75 Å². The van der Waals surface area contributed by atoms with Crippen LogP contribution in [0.5, 0.6) is 5.75 Å². The summed E-state index contributed by atoms with van der Waals surface area (Å²) in [5.74, 6) is 0.937. The number of benzene rings is 2. The normalized spacial score (nSPS) is 15.5. The van der Waals surface area contributed by atoms with Crippen LogP contribution in [0.2, 0.25) is 0 Å². The predicted molar refractivity (Wildman–Crippen MR) is 113 cm³/mol. The summed E-state index contributed by atoms with van der Waals surface area (Å²) < 4.78 is 6.01. The van der Waals surface area contributed by atoms with Gasteiger partial charge in [-0.1, -0.05) is 36.8 Å². The van der Waals surface area contributed by atoms with Gasteiger partial charge in [-0.25, -0.2) is 0 Å². The van der Waals surface area contributed by atoms with Crippen molar-refractivity contribution in [2.45, 2.75) is 58.1 Å². The van der Waals surface area contributed by atoms with E-state index >= 15 is 0 Å². The number of rotatable bonds is 6. The molecule has 26 heavy (non-hydrogen) atoms. The van der Waals surface area contributed by atoms with E-state index in [0.717, 1.165) is 17.9 Å². The van der Waals surface area contributed by atoms with E-state index in [1.54, 1.807) is 0 Å². The Morgan fingerprint density at radius 1 is 1.08 bits per heavy atom. The summed E-state index contributed by atoms with van der Waals surface area (Å²) in [5, 5.41) is 7.33. The Labute approximate surface area is 162 Å². The number of nitrogens with one attached hydrogen (secondary N) is 2. The molecule has 1 aliphatic rings. The first-order valence-corrected chi connectivity index (χ1v) is 9.95. The SMILES string of the molecule is CC[C@H](NC(=S)Nc1ccc(OC2CCCC2)cc1)c1ccc(C)cc1. The quantitative estimate of drug-likeness (QED) is 0.636. The number of ether oxygens (including phenoxy) is 1. The van der Waals surface area contributed by atoms with Crippen LogP contribution in [-0.2, 0) is 0 Å². The Morgan fingerprint density at radius 3 is 2.35 bits per heavy atom. The Hall–Kier alpha value is -2.07. The monoisotopic (exact) mass is 368 g/mol. The molecule has 3 rings (SSSR count). The molecule has 1 saturated carbocycles. The van der Waals surface area contributed by atoms with Crippen molar-refractivity contribution in [1.29, 1.82) is 0 Å². The molecule has 0 aliphatic heterocycles. The van der Waals surface area contributed by atoms with Crippen LogP contribution in [0.15, 0.2) is 48.5 Å². The molecule has 3 nitrogen and oxygen atoms in total. The highest BCUT2D eigenvalue weighted by Gasteiger charge is 2.16. The first kappa shape index (κ1) is 18.7. The minimum absolute atomic E-state index is 0.209. The van der Waals surface area contributed by atoms with Crippen molar-refractivity contribution in [3.05, 3.63) is 59.7 Å². The average Bonchev–Trinajstić information content (AvgIpc) is 3.15. The van der Waals surface area contributed by atoms with Crippen LogP contribution in [-0.4, -0.2) is 11.2 Å². The molecule has 0 heterocycles. The zero-order valence-corrected chi connectivity index (χ0v) is 16.4. The third-order valence-corrected chi connectivity index (χ3v) is 5.13. The molecule has 1 fully saturated rings. The summed E-state index contributed by atoms with van der Waals surface area (Å²) in [6.07, 6.45) is 6.26. The maximum Gasteiger partial charge on any atom is 0.171 e. The summed E-state index contributed by atoms with van der Waals surface area (Å²) in [6, 6.07) is 16.9. The summed E-state index contributed by atoms with van der Waals surface area (Å²) in [4.78, 5) is 0. The van der Waals surface area contributed by atoms with Crippen LogP contribution >= 0.6 is 12.2 Å². The van der Waals surface area contributed by atoms with E-state index in [4.69, 9.17) is 17.0 Å². The Balaban J connectivity index is 1.54. The van der Waals surface area contributed by atoms with Crippen LogP contribution in [0, 0.1) is 6.92 Å². The highest BCUT2D eigenvalue weighted by Crippen LogP contribution is 2.25. The lowest BCUT2D eigenvalue weighted by molar-refractivity contribution is 0.210. The minimum atomic E-state index is 0.209. The second-order valence-corrected chi connectivity index (χ2v) is 7.43. The number of hydrogen-bond acceptors (Lipinski definition) is 2. The predicted octanol–water partition coefficient (Wildman–Crippen LogP) is 5.75. The molecule has 0 unspecified atom stereocenters. The van der Waals surface area contributed by atoms with E-state index < -0.39 is 0 Å². The maximum atomic E-state index is 6.01. The standard InChI is InChI=1S/C22H28N2OS/c1-3-21(17-10-8-16(2)9-11-17)24-22(26)23-18-12-14-20(15-13-18)25-19-6-4-5-7-19/h8-15,19,21H,3-7H2,1-2H3,(H2,23,24,26)/t21-/m0/s1. The Kier molecular flexibility index (Phi) is 6.51. The molecular formula is C22H28N2OS. The molecule has 1 aliphatic carbocycles. The van der Waals surface area contributed by atoms with E-state index in [-0.39, 0.29) is 6.04 Å². The molecule has 2 N–H and O–H groups in total. The fourth-order valence-corrected chi connectivity index (χ4v) is 3.62. The minimum Gasteiger partial charge on any atom is -0.490 e. The molecule has 0 aromatic heterocycles. The first-order valence-electron chi connectivity index (χ1n) is 9.55. The van der Waals surface area contributed by atoms with Gasteiger partial charge in [0.25, 0.3) is 0 Å². The smallest absolute Gasteiger partial charge is 0.171 e. The fourth-order valence-electron chi connectivity index (χ4n) is 3.36. The summed E-state index contributed by atoms with van der Waals surface area (Å²) in [7, 11) is 0. The summed E-state index contributed by atoms with van der Waals surface area (Å²) >= 11 is 5.50. The van der Waals surface area contributed by atoms with Gasteiger partial charge in [-0.2, -0.15) is 0 Å². The van der Waals surface area contributed by atoms with E-state index in [9.17, 15) is 0 Å². The van der Waals surface area contributed by atoms with Gasteiger partial charge in [-0.3, -0.25) is 0 Å². The van der Waals surface area contributed by atoms with E-state index in [1.165, 1.54) is 36.8 Å². The molecule has 0 saturated heterocycles. The number of hydrogen-bond donors (Lipinski definition) is 2. The second-order valence-electron chi connectivity index (χ2n) is 7.02. The van der Waals surface area contributed by atoms with Gasteiger partial charge in [0.2, 0.25) is 0 Å². The molecule has 1 atom stereocenters. The number of aryl methyl sites for hydroxylation is 1. The summed E-state index contributed by atoms with van der Waals surface area (Å²) in [5.41, 5.74) is 3.49. The lowest BCUT2D eigenvalue weighted by Gasteiger charge is -2.20. The number of thiocarbonyl (C=S) groups is 1. The largest absolute Gasteiger partial charge is 0.490 e. The highest BCUT2D eigenvalue weighted by atomic mass is 32.1. The van der Waals surface area contributed by atoms with Crippen molar-refractivity contribution < 1.29 is 4.74 Å². The Bertz CT molecular complexity index is 706. The number of anilines is 1. The van der Waals surface area contributed by atoms with Gasteiger partial charge in [0, 0.05) is 5.69 Å². The van der Waals surface area contributed by atoms with Gasteiger partial charge in [0.05, 0.1) is 12.1 Å². The maximum absolute atomic E-state index is 6.01. The van der Waals surface area contributed by atoms with Crippen molar-refractivity contribution in [2.75, 3.05) is 5.32 Å². The molecule has 2 aromatic rings. The van der Waals surface area contributed by atoms with Gasteiger partial charge >= 0.3 is 0 Å². The van der Waals surface area contributed by atoms with Crippen molar-refractivity contribution >= 4 is 23.0 Å². The van der Waals surface area contributed by atoms with Crippen LogP contribution in [0.1, 0.15) is 56.2 Å². The topological polar surface area (TPSA) is 33.3 Å². The van der Waals surface area contributed by atoms with Crippen molar-refractivity contribution in [3.8, 4) is 5.75 Å². The Morgan fingerprint density at radius 2 is 1.73 bits per heavy atom. The summed E-state index contributed by atoms with van der Waals surface area (Å²) in [6.45, 7) is 4.26. The molecule has 4 heteroatoms.